The van der Waals surface area contributed by atoms with Gasteiger partial charge in [-0.2, -0.15) is 11.8 Å². The van der Waals surface area contributed by atoms with Crippen LogP contribution in [0.15, 0.2) is 24.3 Å². The van der Waals surface area contributed by atoms with E-state index in [-0.39, 0.29) is 5.91 Å². The Morgan fingerprint density at radius 1 is 1.17 bits per heavy atom. The molecule has 2 N–H and O–H groups in total. The second-order valence-electron chi connectivity index (χ2n) is 6.98. The standard InChI is InChI=1S/C19H29N3OS/c1-15(23)20-17-5-7-18(8-6-17)21-19-4-2-3-16(13-19)14-22-9-11-24-12-10-22/h2-4,13,17-18,21H,5-12,14H2,1H3,(H,20,23). The van der Waals surface area contributed by atoms with Crippen LogP contribution in [0, 0.1) is 0 Å². The van der Waals surface area contributed by atoms with Crippen LogP contribution in [0.3, 0.4) is 0 Å². The Kier molecular flexibility index (Phi) is 6.44. The van der Waals surface area contributed by atoms with E-state index in [4.69, 9.17) is 0 Å². The third-order valence-corrected chi connectivity index (χ3v) is 5.88. The third kappa shape index (κ3) is 5.42. The first-order valence-electron chi connectivity index (χ1n) is 9.12. The first-order valence-corrected chi connectivity index (χ1v) is 10.3. The fraction of sp³-hybridized carbons (Fsp3) is 0.632. The van der Waals surface area contributed by atoms with Gasteiger partial charge in [-0.3, -0.25) is 9.69 Å². The quantitative estimate of drug-likeness (QED) is 0.859. The lowest BCUT2D eigenvalue weighted by atomic mass is 9.91. The van der Waals surface area contributed by atoms with Crippen molar-refractivity contribution in [2.24, 2.45) is 0 Å². The molecule has 1 aliphatic heterocycles. The summed E-state index contributed by atoms with van der Waals surface area (Å²) in [6.45, 7) is 5.08. The highest BCUT2D eigenvalue weighted by Crippen LogP contribution is 2.23. The summed E-state index contributed by atoms with van der Waals surface area (Å²) in [6.07, 6.45) is 4.39. The van der Waals surface area contributed by atoms with E-state index in [0.717, 1.165) is 32.2 Å². The molecule has 2 fully saturated rings. The lowest BCUT2D eigenvalue weighted by molar-refractivity contribution is -0.119. The Hall–Kier alpha value is -1.20. The van der Waals surface area contributed by atoms with E-state index in [0.29, 0.717) is 12.1 Å². The summed E-state index contributed by atoms with van der Waals surface area (Å²) in [4.78, 5) is 13.7. The number of hydrogen-bond donors (Lipinski definition) is 2. The molecule has 2 aliphatic rings. The van der Waals surface area contributed by atoms with Crippen molar-refractivity contribution in [3.05, 3.63) is 29.8 Å². The molecule has 1 heterocycles. The van der Waals surface area contributed by atoms with Gasteiger partial charge in [0.25, 0.3) is 0 Å². The maximum absolute atomic E-state index is 11.2. The summed E-state index contributed by atoms with van der Waals surface area (Å²) in [7, 11) is 0. The fourth-order valence-corrected chi connectivity index (χ4v) is 4.66. The number of benzene rings is 1. The van der Waals surface area contributed by atoms with Crippen LogP contribution in [0.5, 0.6) is 0 Å². The summed E-state index contributed by atoms with van der Waals surface area (Å²) in [5, 5.41) is 6.74. The number of nitrogens with one attached hydrogen (secondary N) is 2. The van der Waals surface area contributed by atoms with Crippen LogP contribution in [-0.4, -0.2) is 47.5 Å². The fourth-order valence-electron chi connectivity index (χ4n) is 3.68. The summed E-state index contributed by atoms with van der Waals surface area (Å²) in [5.74, 6) is 2.61. The number of hydrogen-bond acceptors (Lipinski definition) is 4. The third-order valence-electron chi connectivity index (χ3n) is 4.94. The van der Waals surface area contributed by atoms with Gasteiger partial charge in [0.1, 0.15) is 0 Å². The van der Waals surface area contributed by atoms with Gasteiger partial charge < -0.3 is 10.6 Å². The average molecular weight is 348 g/mol. The first-order chi connectivity index (χ1) is 11.7. The minimum absolute atomic E-state index is 0.0928. The molecule has 1 aromatic carbocycles. The molecular formula is C19H29N3OS. The van der Waals surface area contributed by atoms with E-state index < -0.39 is 0 Å². The minimum Gasteiger partial charge on any atom is -0.382 e. The highest BCUT2D eigenvalue weighted by atomic mass is 32.2. The molecule has 1 aromatic rings. The molecule has 4 nitrogen and oxygen atoms in total. The largest absolute Gasteiger partial charge is 0.382 e. The SMILES string of the molecule is CC(=O)NC1CCC(Nc2cccc(CN3CCSCC3)c2)CC1. The number of anilines is 1. The van der Waals surface area contributed by atoms with Crippen molar-refractivity contribution >= 4 is 23.4 Å². The molecule has 5 heteroatoms. The van der Waals surface area contributed by atoms with Gasteiger partial charge in [-0.25, -0.2) is 0 Å². The van der Waals surface area contributed by atoms with Crippen LogP contribution in [0.4, 0.5) is 5.69 Å². The predicted octanol–water partition coefficient (Wildman–Crippen LogP) is 3.09. The van der Waals surface area contributed by atoms with Crippen LogP contribution in [0.1, 0.15) is 38.2 Å². The molecule has 3 rings (SSSR count). The van der Waals surface area contributed by atoms with Gasteiger partial charge in [0, 0.05) is 55.8 Å². The number of thioether (sulfide) groups is 1. The smallest absolute Gasteiger partial charge is 0.217 e. The van der Waals surface area contributed by atoms with Crippen molar-refractivity contribution in [2.45, 2.75) is 51.2 Å². The van der Waals surface area contributed by atoms with Gasteiger partial charge >= 0.3 is 0 Å². The molecule has 1 amide bonds. The zero-order chi connectivity index (χ0) is 16.8. The van der Waals surface area contributed by atoms with Gasteiger partial charge in [-0.05, 0) is 43.4 Å². The Morgan fingerprint density at radius 3 is 2.58 bits per heavy atom. The molecule has 0 aromatic heterocycles. The second kappa shape index (κ2) is 8.77. The summed E-state index contributed by atoms with van der Waals surface area (Å²) in [5.41, 5.74) is 2.64. The van der Waals surface area contributed by atoms with Crippen LogP contribution in [0.25, 0.3) is 0 Å². The molecule has 0 radical (unpaired) electrons. The van der Waals surface area contributed by atoms with Crippen LogP contribution >= 0.6 is 11.8 Å². The molecule has 0 unspecified atom stereocenters. The van der Waals surface area contributed by atoms with Gasteiger partial charge in [-0.1, -0.05) is 12.1 Å². The van der Waals surface area contributed by atoms with Crippen LogP contribution in [-0.2, 0) is 11.3 Å². The number of rotatable bonds is 5. The molecule has 1 saturated heterocycles. The van der Waals surface area contributed by atoms with E-state index in [9.17, 15) is 4.79 Å². The molecule has 0 atom stereocenters. The van der Waals surface area contributed by atoms with E-state index in [1.54, 1.807) is 6.92 Å². The van der Waals surface area contributed by atoms with E-state index in [2.05, 4.69) is 51.6 Å². The predicted molar refractivity (Wildman–Crippen MR) is 103 cm³/mol. The van der Waals surface area contributed by atoms with Crippen LogP contribution in [0.2, 0.25) is 0 Å². The maximum atomic E-state index is 11.2. The molecule has 1 saturated carbocycles. The lowest BCUT2D eigenvalue weighted by Gasteiger charge is -2.30. The Labute approximate surface area is 149 Å². The lowest BCUT2D eigenvalue weighted by Crippen LogP contribution is -2.39. The first kappa shape index (κ1) is 17.6. The van der Waals surface area contributed by atoms with Crippen molar-refractivity contribution in [2.75, 3.05) is 29.9 Å². The second-order valence-corrected chi connectivity index (χ2v) is 8.21. The van der Waals surface area contributed by atoms with Gasteiger partial charge in [0.2, 0.25) is 5.91 Å². The highest BCUT2D eigenvalue weighted by molar-refractivity contribution is 7.99. The monoisotopic (exact) mass is 347 g/mol. The molecule has 132 valence electrons. The van der Waals surface area contributed by atoms with Gasteiger partial charge in [0.15, 0.2) is 0 Å². The van der Waals surface area contributed by atoms with Gasteiger partial charge in [0.05, 0.1) is 0 Å². The molecular weight excluding hydrogens is 318 g/mol. The normalized spacial score (nSPS) is 25.2. The van der Waals surface area contributed by atoms with Crippen molar-refractivity contribution in [3.8, 4) is 0 Å². The summed E-state index contributed by atoms with van der Waals surface area (Å²) in [6, 6.07) is 9.78. The zero-order valence-electron chi connectivity index (χ0n) is 14.6. The minimum atomic E-state index is 0.0928. The molecule has 0 spiro atoms. The summed E-state index contributed by atoms with van der Waals surface area (Å²) >= 11 is 2.06. The number of amides is 1. The number of carbonyl (C=O) groups is 1. The van der Waals surface area contributed by atoms with Gasteiger partial charge in [-0.15, -0.1) is 0 Å². The van der Waals surface area contributed by atoms with E-state index >= 15 is 0 Å². The Bertz CT molecular complexity index is 537. The topological polar surface area (TPSA) is 44.4 Å². The molecule has 0 bridgehead atoms. The zero-order valence-corrected chi connectivity index (χ0v) is 15.4. The van der Waals surface area contributed by atoms with E-state index in [1.165, 1.54) is 35.8 Å². The molecule has 24 heavy (non-hydrogen) atoms. The van der Waals surface area contributed by atoms with Crippen molar-refractivity contribution in [1.82, 2.24) is 10.2 Å². The van der Waals surface area contributed by atoms with Crippen molar-refractivity contribution < 1.29 is 4.79 Å². The number of carbonyl (C=O) groups excluding carboxylic acids is 1. The van der Waals surface area contributed by atoms with E-state index in [1.807, 2.05) is 0 Å². The maximum Gasteiger partial charge on any atom is 0.217 e. The number of nitrogens with zero attached hydrogens (tertiary/aromatic N) is 1. The Balaban J connectivity index is 1.49. The summed E-state index contributed by atoms with van der Waals surface area (Å²) < 4.78 is 0. The Morgan fingerprint density at radius 2 is 1.88 bits per heavy atom. The van der Waals surface area contributed by atoms with Crippen molar-refractivity contribution in [1.29, 1.82) is 0 Å². The van der Waals surface area contributed by atoms with Crippen molar-refractivity contribution in [3.63, 3.8) is 0 Å². The average Bonchev–Trinajstić information content (AvgIpc) is 2.57. The van der Waals surface area contributed by atoms with Crippen LogP contribution < -0.4 is 10.6 Å². The molecule has 1 aliphatic carbocycles. The highest BCUT2D eigenvalue weighted by Gasteiger charge is 2.21.